The van der Waals surface area contributed by atoms with E-state index in [0.717, 1.165) is 11.1 Å². The highest BCUT2D eigenvalue weighted by molar-refractivity contribution is 8.00. The molecule has 27 heavy (non-hydrogen) atoms. The van der Waals surface area contributed by atoms with Gasteiger partial charge in [0.05, 0.1) is 31.1 Å². The molecule has 1 N–H and O–H groups in total. The molecule has 7 heteroatoms. The number of carbonyl (C=O) groups is 1. The molecule has 0 atom stereocenters. The van der Waals surface area contributed by atoms with Gasteiger partial charge < -0.3 is 14.8 Å². The second kappa shape index (κ2) is 8.43. The Bertz CT molecular complexity index is 1010. The van der Waals surface area contributed by atoms with Crippen molar-refractivity contribution in [3.63, 3.8) is 0 Å². The van der Waals surface area contributed by atoms with Gasteiger partial charge in [-0.05, 0) is 42.5 Å². The SMILES string of the molecule is COc1ccc(NC(=O)CSc2nc3cc(OC)ccc3cc2C#N)cc1. The third-order valence-corrected chi connectivity index (χ3v) is 4.82. The molecule has 0 aliphatic heterocycles. The number of benzene rings is 2. The molecular weight excluding hydrogens is 362 g/mol. The summed E-state index contributed by atoms with van der Waals surface area (Å²) in [4.78, 5) is 16.7. The van der Waals surface area contributed by atoms with E-state index >= 15 is 0 Å². The van der Waals surface area contributed by atoms with E-state index in [-0.39, 0.29) is 11.7 Å². The number of amides is 1. The number of ether oxygens (including phenoxy) is 2. The van der Waals surface area contributed by atoms with Crippen LogP contribution in [0.1, 0.15) is 5.56 Å². The topological polar surface area (TPSA) is 84.2 Å². The zero-order chi connectivity index (χ0) is 19.2. The normalized spacial score (nSPS) is 10.3. The van der Waals surface area contributed by atoms with Gasteiger partial charge in [-0.25, -0.2) is 4.98 Å². The minimum Gasteiger partial charge on any atom is -0.497 e. The highest BCUT2D eigenvalue weighted by Gasteiger charge is 2.11. The summed E-state index contributed by atoms with van der Waals surface area (Å²) < 4.78 is 10.3. The third-order valence-electron chi connectivity index (χ3n) is 3.82. The lowest BCUT2D eigenvalue weighted by atomic mass is 10.1. The molecule has 0 saturated carbocycles. The first-order chi connectivity index (χ1) is 13.1. The number of fused-ring (bicyclic) bond motifs is 1. The number of hydrogen-bond acceptors (Lipinski definition) is 6. The fraction of sp³-hybridized carbons (Fsp3) is 0.150. The molecule has 1 amide bonds. The average Bonchev–Trinajstić information content (AvgIpc) is 2.71. The van der Waals surface area contributed by atoms with E-state index in [1.807, 2.05) is 12.1 Å². The Morgan fingerprint density at radius 1 is 1.11 bits per heavy atom. The van der Waals surface area contributed by atoms with Crippen LogP contribution in [0.5, 0.6) is 11.5 Å². The van der Waals surface area contributed by atoms with Crippen molar-refractivity contribution in [1.29, 1.82) is 5.26 Å². The van der Waals surface area contributed by atoms with Gasteiger partial charge in [-0.1, -0.05) is 11.8 Å². The van der Waals surface area contributed by atoms with Crippen molar-refractivity contribution < 1.29 is 14.3 Å². The number of thioether (sulfide) groups is 1. The van der Waals surface area contributed by atoms with Crippen molar-refractivity contribution in [2.45, 2.75) is 5.03 Å². The van der Waals surface area contributed by atoms with Crippen molar-refractivity contribution in [2.24, 2.45) is 0 Å². The number of nitrogens with zero attached hydrogens (tertiary/aromatic N) is 2. The molecular formula is C20H17N3O3S. The van der Waals surface area contributed by atoms with Gasteiger partial charge in [0.25, 0.3) is 0 Å². The molecule has 0 unspecified atom stereocenters. The standard InChI is InChI=1S/C20H17N3O3S/c1-25-16-7-4-15(5-8-16)22-19(24)12-27-20-14(11-21)9-13-3-6-17(26-2)10-18(13)23-20/h3-10H,12H2,1-2H3,(H,22,24). The van der Waals surface area contributed by atoms with Crippen molar-refractivity contribution in [2.75, 3.05) is 25.3 Å². The molecule has 0 saturated heterocycles. The van der Waals surface area contributed by atoms with Crippen LogP contribution in [-0.4, -0.2) is 30.9 Å². The summed E-state index contributed by atoms with van der Waals surface area (Å²) >= 11 is 1.22. The molecule has 2 aromatic carbocycles. The van der Waals surface area contributed by atoms with Gasteiger partial charge in [0.2, 0.25) is 5.91 Å². The molecule has 0 aliphatic rings. The number of pyridine rings is 1. The van der Waals surface area contributed by atoms with E-state index in [0.29, 0.717) is 27.5 Å². The van der Waals surface area contributed by atoms with Crippen molar-refractivity contribution in [3.8, 4) is 17.6 Å². The second-order valence-electron chi connectivity index (χ2n) is 5.58. The molecule has 1 heterocycles. The minimum absolute atomic E-state index is 0.142. The van der Waals surface area contributed by atoms with E-state index in [1.54, 1.807) is 50.6 Å². The Balaban J connectivity index is 1.72. The molecule has 6 nitrogen and oxygen atoms in total. The van der Waals surface area contributed by atoms with Gasteiger partial charge in [0.15, 0.2) is 0 Å². The van der Waals surface area contributed by atoms with Crippen LogP contribution in [0.2, 0.25) is 0 Å². The van der Waals surface area contributed by atoms with Gasteiger partial charge in [0.1, 0.15) is 22.6 Å². The molecule has 0 radical (unpaired) electrons. The molecule has 0 aliphatic carbocycles. The summed E-state index contributed by atoms with van der Waals surface area (Å²) in [7, 11) is 3.17. The van der Waals surface area contributed by atoms with E-state index in [1.165, 1.54) is 11.8 Å². The number of methoxy groups -OCH3 is 2. The fourth-order valence-electron chi connectivity index (χ4n) is 2.45. The molecule has 136 valence electrons. The zero-order valence-corrected chi connectivity index (χ0v) is 15.7. The first kappa shape index (κ1) is 18.5. The lowest BCUT2D eigenvalue weighted by molar-refractivity contribution is -0.113. The lowest BCUT2D eigenvalue weighted by Gasteiger charge is -2.08. The number of anilines is 1. The van der Waals surface area contributed by atoms with Crippen molar-refractivity contribution in [3.05, 3.63) is 54.1 Å². The highest BCUT2D eigenvalue weighted by atomic mass is 32.2. The number of aromatic nitrogens is 1. The maximum Gasteiger partial charge on any atom is 0.234 e. The Morgan fingerprint density at radius 2 is 1.81 bits per heavy atom. The van der Waals surface area contributed by atoms with Crippen molar-refractivity contribution in [1.82, 2.24) is 4.98 Å². The van der Waals surface area contributed by atoms with Crippen LogP contribution >= 0.6 is 11.8 Å². The lowest BCUT2D eigenvalue weighted by Crippen LogP contribution is -2.14. The Morgan fingerprint density at radius 3 is 2.48 bits per heavy atom. The third kappa shape index (κ3) is 4.49. The quantitative estimate of drug-likeness (QED) is 0.655. The first-order valence-corrected chi connectivity index (χ1v) is 9.07. The van der Waals surface area contributed by atoms with Crippen LogP contribution in [0.3, 0.4) is 0 Å². The zero-order valence-electron chi connectivity index (χ0n) is 14.9. The Hall–Kier alpha value is -3.24. The molecule has 0 fully saturated rings. The van der Waals surface area contributed by atoms with Gasteiger partial charge >= 0.3 is 0 Å². The van der Waals surface area contributed by atoms with Crippen LogP contribution in [0.15, 0.2) is 53.6 Å². The van der Waals surface area contributed by atoms with Gasteiger partial charge in [-0.3, -0.25) is 4.79 Å². The van der Waals surface area contributed by atoms with Gasteiger partial charge in [0, 0.05) is 17.1 Å². The van der Waals surface area contributed by atoms with E-state index < -0.39 is 0 Å². The fourth-order valence-corrected chi connectivity index (χ4v) is 3.21. The van der Waals surface area contributed by atoms with E-state index in [9.17, 15) is 10.1 Å². The number of nitriles is 1. The monoisotopic (exact) mass is 379 g/mol. The number of hydrogen-bond donors (Lipinski definition) is 1. The number of nitrogens with one attached hydrogen (secondary N) is 1. The Labute approximate surface area is 161 Å². The maximum absolute atomic E-state index is 12.2. The van der Waals surface area contributed by atoms with Gasteiger partial charge in [-0.2, -0.15) is 5.26 Å². The largest absolute Gasteiger partial charge is 0.497 e. The van der Waals surface area contributed by atoms with Crippen LogP contribution in [0.25, 0.3) is 10.9 Å². The summed E-state index contributed by atoms with van der Waals surface area (Å²) in [5.74, 6) is 1.37. The first-order valence-electron chi connectivity index (χ1n) is 8.08. The predicted molar refractivity (Wildman–Crippen MR) is 105 cm³/mol. The summed E-state index contributed by atoms with van der Waals surface area (Å²) in [6, 6.07) is 16.5. The van der Waals surface area contributed by atoms with Gasteiger partial charge in [-0.15, -0.1) is 0 Å². The molecule has 0 bridgehead atoms. The summed E-state index contributed by atoms with van der Waals surface area (Å²) in [5.41, 5.74) is 1.83. The van der Waals surface area contributed by atoms with Crippen LogP contribution in [0, 0.1) is 11.3 Å². The highest BCUT2D eigenvalue weighted by Crippen LogP contribution is 2.27. The average molecular weight is 379 g/mol. The van der Waals surface area contributed by atoms with Crippen molar-refractivity contribution >= 4 is 34.3 Å². The van der Waals surface area contributed by atoms with E-state index in [4.69, 9.17) is 9.47 Å². The number of rotatable bonds is 6. The smallest absolute Gasteiger partial charge is 0.234 e. The Kier molecular flexibility index (Phi) is 5.79. The van der Waals surface area contributed by atoms with Crippen LogP contribution in [-0.2, 0) is 4.79 Å². The molecule has 0 spiro atoms. The number of carbonyl (C=O) groups excluding carboxylic acids is 1. The summed E-state index contributed by atoms with van der Waals surface area (Å²) in [6.07, 6.45) is 0. The predicted octanol–water partition coefficient (Wildman–Crippen LogP) is 3.85. The van der Waals surface area contributed by atoms with Crippen LogP contribution in [0.4, 0.5) is 5.69 Å². The summed E-state index contributed by atoms with van der Waals surface area (Å²) in [6.45, 7) is 0. The molecule has 1 aromatic heterocycles. The minimum atomic E-state index is -0.179. The van der Waals surface area contributed by atoms with E-state index in [2.05, 4.69) is 16.4 Å². The summed E-state index contributed by atoms with van der Waals surface area (Å²) in [5, 5.41) is 13.6. The second-order valence-corrected chi connectivity index (χ2v) is 6.54. The molecule has 3 rings (SSSR count). The maximum atomic E-state index is 12.2. The molecule has 3 aromatic rings. The van der Waals surface area contributed by atoms with Crippen LogP contribution < -0.4 is 14.8 Å².